The van der Waals surface area contributed by atoms with E-state index in [1.54, 1.807) is 27.7 Å². The summed E-state index contributed by atoms with van der Waals surface area (Å²) in [6.45, 7) is 1.06. The average Bonchev–Trinajstić information content (AvgIpc) is 0.867. The topological polar surface area (TPSA) is 912 Å². The van der Waals surface area contributed by atoms with Crippen molar-refractivity contribution in [3.63, 3.8) is 0 Å². The lowest BCUT2D eigenvalue weighted by molar-refractivity contribution is -0.345. The molecule has 4 fully saturated rings. The Balaban J connectivity index is 1.41. The van der Waals surface area contributed by atoms with Crippen LogP contribution in [0.3, 0.4) is 0 Å². The third kappa shape index (κ3) is 39.1. The van der Waals surface area contributed by atoms with Crippen molar-refractivity contribution in [2.45, 2.75) is 303 Å². The number of primary amides is 1. The fourth-order valence-corrected chi connectivity index (χ4v) is 15.5. The number of nitrogens with one attached hydrogen (secondary N) is 16. The predicted octanol–water partition coefficient (Wildman–Crippen LogP) is -13.9. The summed E-state index contributed by atoms with van der Waals surface area (Å²) in [4.78, 5) is 285. The number of hydrogen-bond acceptors (Lipinski definition) is 36. The van der Waals surface area contributed by atoms with Gasteiger partial charge in [-0.15, -0.1) is 0 Å². The average molecular weight is 2060 g/mol. The Hall–Kier alpha value is -12.7. The number of carboxylic acid groups (broad SMARTS) is 3. The van der Waals surface area contributed by atoms with Crippen LogP contribution in [0.5, 0.6) is 5.75 Å². The molecular weight excluding hydrogens is 1920 g/mol. The molecule has 4 saturated heterocycles. The molecular formula is C87H138N20O37. The number of nitrogens with zero attached hydrogens (tertiary/aromatic N) is 1. The van der Waals surface area contributed by atoms with E-state index >= 15 is 14.4 Å². The Labute approximate surface area is 825 Å². The van der Waals surface area contributed by atoms with E-state index in [-0.39, 0.29) is 108 Å². The number of carboxylic acids is 3. The van der Waals surface area contributed by atoms with E-state index in [2.05, 4.69) is 74.4 Å². The molecule has 1 aromatic carbocycles. The van der Waals surface area contributed by atoms with E-state index in [9.17, 15) is 148 Å². The smallest absolute Gasteiger partial charge is 0.326 e. The third-order valence-corrected chi connectivity index (χ3v) is 23.7. The highest BCUT2D eigenvalue weighted by molar-refractivity contribution is 6.02. The molecule has 0 saturated carbocycles. The highest BCUT2D eigenvalue weighted by atomic mass is 16.7. The quantitative estimate of drug-likeness (QED) is 0.0269. The van der Waals surface area contributed by atoms with Crippen molar-refractivity contribution >= 4 is 124 Å². The molecule has 4 aliphatic rings. The van der Waals surface area contributed by atoms with Gasteiger partial charge < -0.3 is 187 Å². The largest absolute Gasteiger partial charge is 0.508 e. The highest BCUT2D eigenvalue weighted by Crippen LogP contribution is 2.31. The summed E-state index contributed by atoms with van der Waals surface area (Å²) >= 11 is 0. The van der Waals surface area contributed by atoms with Crippen LogP contribution in [0.1, 0.15) is 156 Å². The second-order valence-electron chi connectivity index (χ2n) is 35.5. The molecule has 1 aromatic rings. The first-order valence-corrected chi connectivity index (χ1v) is 47.0. The molecule has 0 aliphatic carbocycles. The van der Waals surface area contributed by atoms with Gasteiger partial charge in [-0.1, -0.05) is 46.2 Å². The van der Waals surface area contributed by atoms with E-state index in [1.165, 1.54) is 24.3 Å². The normalized spacial score (nSPS) is 22.4. The number of aliphatic hydroxyl groups excluding tert-OH is 8. The summed E-state index contributed by atoms with van der Waals surface area (Å²) in [5.74, 6) is -25.2. The standard InChI is InChI=1S/C87H138N20O37/c1-7-40(4)65(83(137)103-52(85(139)140)29-39(2)3)106-78(132)50(30-43-16-18-44(113)19-17-43)102-82(136)56-15-12-28-107(56)84(138)49(14-9-11-27-89)100-74(128)45(13-8-10-26-88)97-81(135)55(38-141-86-66(94-42(6)112)71(68(123)58(37-111)142-86)144-87-70(125)69(124)67(122)57(36-110)143-87)105-72(126)41(5)93-77(131)51(31-59(90)114)101-79(133)53(34-108)96-62(117)33-91-61(116)32-92-73(127)46(21-24-63(118)119)98-76(130)48(22-25-64(120)121)99-80(134)54(35-109)104-75(129)47-20-23-60(115)95-47/h16-19,39-41,45-58,65-71,86-87,108-111,113,122-125H,7-15,20-38,88-89H2,1-6H3,(H2,90,114)(H,91,116)(H,92,127)(H,93,131)(H,94,112)(H,95,115)(H,96,117)(H,97,135)(H,98,130)(H,99,134)(H,100,128)(H,101,133)(H,102,136)(H,103,137)(H,104,129)(H,105,126)(H,106,132)(H,118,119)(H,120,121)(H,139,140)/t40-,41-,45-,46-,47-,48-,49-,50-,51-,52-,53-,54-,55-,56-,57+,58+,65-,66+,67-,68-,69-,70+,71+,86-,87-/m0/s1. The third-order valence-electron chi connectivity index (χ3n) is 23.7. The van der Waals surface area contributed by atoms with Gasteiger partial charge in [-0.05, 0) is 127 Å². The molecule has 0 radical (unpaired) electrons. The van der Waals surface area contributed by atoms with Crippen molar-refractivity contribution < 1.29 is 181 Å². The number of aliphatic hydroxyl groups is 8. The molecule has 57 heteroatoms. The van der Waals surface area contributed by atoms with Crippen LogP contribution in [-0.4, -0.2) is 402 Å². The number of carbonyl (C=O) groups is 21. The lowest BCUT2D eigenvalue weighted by Crippen LogP contribution is -2.68. The molecule has 4 aliphatic heterocycles. The highest BCUT2D eigenvalue weighted by Gasteiger charge is 2.53. The number of hydrogen-bond donors (Lipinski definition) is 31. The molecule has 0 spiro atoms. The molecule has 0 aromatic heterocycles. The number of benzene rings is 1. The van der Waals surface area contributed by atoms with Crippen molar-refractivity contribution in [2.24, 2.45) is 29.0 Å². The molecule has 57 nitrogen and oxygen atoms in total. The Morgan fingerprint density at radius 2 is 1.02 bits per heavy atom. The molecule has 34 N–H and O–H groups in total. The van der Waals surface area contributed by atoms with Crippen molar-refractivity contribution in [1.29, 1.82) is 0 Å². The van der Waals surface area contributed by atoms with Crippen LogP contribution in [0.4, 0.5) is 0 Å². The number of rotatable bonds is 62. The predicted molar refractivity (Wildman–Crippen MR) is 491 cm³/mol. The van der Waals surface area contributed by atoms with E-state index in [0.717, 1.165) is 18.7 Å². The number of aliphatic carboxylic acids is 3. The van der Waals surface area contributed by atoms with Gasteiger partial charge in [0.1, 0.15) is 139 Å². The number of likely N-dealkylation sites (tertiary alicyclic amines) is 1. The van der Waals surface area contributed by atoms with Crippen LogP contribution in [0.2, 0.25) is 0 Å². The molecule has 0 bridgehead atoms. The minimum absolute atomic E-state index is 0.00824. The second-order valence-corrected chi connectivity index (χ2v) is 35.5. The molecule has 5 rings (SSSR count). The molecule has 4 heterocycles. The van der Waals surface area contributed by atoms with Crippen LogP contribution >= 0.6 is 0 Å². The first-order chi connectivity index (χ1) is 68.0. The number of amides is 18. The van der Waals surface area contributed by atoms with Gasteiger partial charge in [0.2, 0.25) is 106 Å². The van der Waals surface area contributed by atoms with Crippen LogP contribution in [0.15, 0.2) is 24.3 Å². The van der Waals surface area contributed by atoms with Gasteiger partial charge in [0, 0.05) is 39.2 Å². The summed E-state index contributed by atoms with van der Waals surface area (Å²) in [5, 5.41) is 161. The molecule has 0 unspecified atom stereocenters. The summed E-state index contributed by atoms with van der Waals surface area (Å²) in [6, 6.07) is -19.9. The van der Waals surface area contributed by atoms with E-state index in [4.69, 9.17) is 36.1 Å². The molecule has 808 valence electrons. The Morgan fingerprint density at radius 1 is 0.521 bits per heavy atom. The number of nitrogens with two attached hydrogens (primary N) is 3. The Morgan fingerprint density at radius 3 is 1.56 bits per heavy atom. The zero-order valence-electron chi connectivity index (χ0n) is 80.4. The van der Waals surface area contributed by atoms with Crippen molar-refractivity contribution in [3.05, 3.63) is 29.8 Å². The van der Waals surface area contributed by atoms with Gasteiger partial charge in [-0.2, -0.15) is 0 Å². The fraction of sp³-hybridized carbons (Fsp3) is 0.690. The van der Waals surface area contributed by atoms with Gasteiger partial charge in [0.15, 0.2) is 12.6 Å². The molecule has 144 heavy (non-hydrogen) atoms. The van der Waals surface area contributed by atoms with Gasteiger partial charge in [-0.3, -0.25) is 95.9 Å². The van der Waals surface area contributed by atoms with Crippen molar-refractivity contribution in [2.75, 3.05) is 65.8 Å². The second kappa shape index (κ2) is 60.8. The first-order valence-electron chi connectivity index (χ1n) is 47.0. The van der Waals surface area contributed by atoms with E-state index < -0.39 is 354 Å². The minimum atomic E-state index is -2.19. The maximum atomic E-state index is 15.3. The molecule has 25 atom stereocenters. The van der Waals surface area contributed by atoms with E-state index in [1.807, 2.05) is 10.6 Å². The minimum Gasteiger partial charge on any atom is -0.508 e. The van der Waals surface area contributed by atoms with E-state index in [0.29, 0.717) is 12.0 Å². The van der Waals surface area contributed by atoms with Crippen LogP contribution in [0.25, 0.3) is 0 Å². The Bertz CT molecular complexity index is 4560. The summed E-state index contributed by atoms with van der Waals surface area (Å²) < 4.78 is 23.4. The number of phenolic OH excluding ortho intramolecular Hbond substituents is 1. The van der Waals surface area contributed by atoms with Gasteiger partial charge in [-0.25, -0.2) is 4.79 Å². The number of unbranched alkanes of at least 4 members (excludes halogenated alkanes) is 2. The van der Waals surface area contributed by atoms with Crippen LogP contribution in [-0.2, 0) is 126 Å². The molecule has 18 amide bonds. The number of phenols is 1. The summed E-state index contributed by atoms with van der Waals surface area (Å²) in [7, 11) is 0. The van der Waals surface area contributed by atoms with Gasteiger partial charge >= 0.3 is 17.9 Å². The fourth-order valence-electron chi connectivity index (χ4n) is 15.5. The maximum Gasteiger partial charge on any atom is 0.326 e. The lowest BCUT2D eigenvalue weighted by Gasteiger charge is -2.47. The first kappa shape index (κ1) is 122. The van der Waals surface area contributed by atoms with Crippen molar-refractivity contribution in [3.8, 4) is 5.75 Å². The number of carbonyl (C=O) groups excluding carboxylic acids is 18. The lowest BCUT2D eigenvalue weighted by atomic mass is 9.95. The zero-order valence-corrected chi connectivity index (χ0v) is 80.4. The maximum absolute atomic E-state index is 15.3. The van der Waals surface area contributed by atoms with Gasteiger partial charge in [0.25, 0.3) is 0 Å². The number of aromatic hydroxyl groups is 1. The monoisotopic (exact) mass is 2050 g/mol. The van der Waals surface area contributed by atoms with Crippen LogP contribution in [0, 0.1) is 11.8 Å². The zero-order chi connectivity index (χ0) is 108. The summed E-state index contributed by atoms with van der Waals surface area (Å²) in [6.07, 6.45) is -21.4. The Kier molecular flexibility index (Phi) is 51.4. The van der Waals surface area contributed by atoms with Crippen molar-refractivity contribution in [1.82, 2.24) is 90.0 Å². The summed E-state index contributed by atoms with van der Waals surface area (Å²) in [5.41, 5.74) is 17.7. The SMILES string of the molecule is CC[C@H](C)[C@H](NC(=O)[C@H](Cc1ccc(O)cc1)NC(=O)[C@@H]1CCCN1C(=O)[C@H](CCCCN)NC(=O)[C@H](CCCCN)NC(=O)[C@H](CO[C@H]1O[C@H](CO)[C@H](O)[C@H](O[C@@H]2O[C@H](CO)[C@H](O)[C@H](O)[C@H]2O)[C@H]1NC(C)=O)NC(=O)[C@H](C)NC(=O)[C@H](CC(N)=O)NC(=O)[C@H](CO)NC(=O)CNC(=O)CNC(=O)[C@H](CCC(=O)O)NC(=O)[C@H](CCC(=O)O)NC(=O)[C@H](CO)NC(=O)[C@@H]1CCC(=O)N1)C(=O)N[C@@H](CC(C)C)C(=O)O. The van der Waals surface area contributed by atoms with Gasteiger partial charge in [0.05, 0.1) is 52.5 Å². The number of ether oxygens (including phenoxy) is 4. The van der Waals surface area contributed by atoms with Crippen LogP contribution < -0.4 is 102 Å².